The van der Waals surface area contributed by atoms with E-state index in [9.17, 15) is 14.7 Å². The third-order valence-electron chi connectivity index (χ3n) is 4.83. The van der Waals surface area contributed by atoms with Gasteiger partial charge in [-0.15, -0.1) is 0 Å². The summed E-state index contributed by atoms with van der Waals surface area (Å²) >= 11 is 12.2. The van der Waals surface area contributed by atoms with Gasteiger partial charge in [-0.1, -0.05) is 29.3 Å². The van der Waals surface area contributed by atoms with Crippen LogP contribution in [-0.4, -0.2) is 33.9 Å². The van der Waals surface area contributed by atoms with Gasteiger partial charge in [0.25, 0.3) is 5.78 Å². The van der Waals surface area contributed by atoms with Gasteiger partial charge in [0.2, 0.25) is 5.95 Å². The van der Waals surface area contributed by atoms with E-state index in [1.165, 1.54) is 25.6 Å². The molecule has 1 amide bonds. The van der Waals surface area contributed by atoms with Crippen LogP contribution in [-0.2, 0) is 9.59 Å². The zero-order valence-electron chi connectivity index (χ0n) is 16.1. The molecule has 156 valence electrons. The molecule has 2 heterocycles. The monoisotopic (exact) mass is 455 g/mol. The number of amides is 1. The third-order valence-corrected chi connectivity index (χ3v) is 5.57. The molecule has 0 radical (unpaired) electrons. The van der Waals surface area contributed by atoms with Crippen molar-refractivity contribution in [1.29, 1.82) is 0 Å². The molecule has 0 unspecified atom stereocenters. The summed E-state index contributed by atoms with van der Waals surface area (Å²) in [6.07, 6.45) is 2.91. The number of nitrogens with zero attached hydrogens (tertiary/aromatic N) is 3. The van der Waals surface area contributed by atoms with Crippen molar-refractivity contribution in [3.8, 4) is 5.75 Å². The number of anilines is 1. The maximum Gasteiger partial charge on any atom is 0.302 e. The number of ether oxygens (including phenoxy) is 1. The van der Waals surface area contributed by atoms with Gasteiger partial charge >= 0.3 is 5.91 Å². The van der Waals surface area contributed by atoms with Crippen LogP contribution in [0.1, 0.15) is 17.2 Å². The Morgan fingerprint density at radius 2 is 1.71 bits per heavy atom. The lowest BCUT2D eigenvalue weighted by atomic mass is 9.95. The number of rotatable bonds is 4. The number of carbonyl (C=O) groups is 2. The van der Waals surface area contributed by atoms with E-state index in [0.29, 0.717) is 21.9 Å². The van der Waals surface area contributed by atoms with Crippen LogP contribution in [0.25, 0.3) is 5.76 Å². The van der Waals surface area contributed by atoms with Crippen molar-refractivity contribution in [2.75, 3.05) is 12.0 Å². The Morgan fingerprint density at radius 1 is 1.03 bits per heavy atom. The van der Waals surface area contributed by atoms with Gasteiger partial charge in [-0.2, -0.15) is 0 Å². The van der Waals surface area contributed by atoms with E-state index in [1.807, 2.05) is 0 Å². The first-order valence-corrected chi connectivity index (χ1v) is 9.85. The second kappa shape index (κ2) is 8.37. The lowest BCUT2D eigenvalue weighted by Gasteiger charge is -2.23. The van der Waals surface area contributed by atoms with Crippen molar-refractivity contribution < 1.29 is 19.4 Å². The molecule has 7 nitrogen and oxygen atoms in total. The minimum Gasteiger partial charge on any atom is -0.507 e. The number of methoxy groups -OCH3 is 1. The molecule has 1 aliphatic heterocycles. The first-order chi connectivity index (χ1) is 14.9. The molecule has 1 atom stereocenters. The number of hydrogen-bond acceptors (Lipinski definition) is 6. The molecule has 4 rings (SSSR count). The highest BCUT2D eigenvalue weighted by Crippen LogP contribution is 2.42. The molecule has 1 fully saturated rings. The average molecular weight is 456 g/mol. The molecule has 0 bridgehead atoms. The molecule has 0 aliphatic carbocycles. The van der Waals surface area contributed by atoms with E-state index in [4.69, 9.17) is 27.9 Å². The molecule has 0 saturated carbocycles. The standard InChI is InChI=1S/C22H15Cl2N3O4/c1-31-14-6-3-12(4-7-14)19(28)17-18(13-5-8-15(23)16(24)11-13)27(21(30)20(17)29)22-25-9-2-10-26-22/h2-11,18,28H,1H3/b19-17+/t18-/m0/s1. The van der Waals surface area contributed by atoms with Crippen molar-refractivity contribution in [3.05, 3.63) is 87.7 Å². The summed E-state index contributed by atoms with van der Waals surface area (Å²) in [6.45, 7) is 0. The average Bonchev–Trinajstić information content (AvgIpc) is 3.06. The van der Waals surface area contributed by atoms with E-state index in [1.54, 1.807) is 42.5 Å². The van der Waals surface area contributed by atoms with Crippen LogP contribution < -0.4 is 9.64 Å². The highest BCUT2D eigenvalue weighted by Gasteiger charge is 2.48. The normalized spacial score (nSPS) is 17.8. The van der Waals surface area contributed by atoms with Gasteiger partial charge in [-0.3, -0.25) is 14.5 Å². The number of ketones is 1. The number of hydrogen-bond donors (Lipinski definition) is 1. The Hall–Kier alpha value is -3.42. The first kappa shape index (κ1) is 20.8. The second-order valence-electron chi connectivity index (χ2n) is 6.62. The fourth-order valence-electron chi connectivity index (χ4n) is 3.36. The van der Waals surface area contributed by atoms with Crippen molar-refractivity contribution in [2.45, 2.75) is 6.04 Å². The van der Waals surface area contributed by atoms with Crippen LogP contribution in [0.3, 0.4) is 0 Å². The molecule has 1 aromatic heterocycles. The van der Waals surface area contributed by atoms with Crippen LogP contribution in [0.2, 0.25) is 10.0 Å². The van der Waals surface area contributed by atoms with E-state index in [2.05, 4.69) is 9.97 Å². The van der Waals surface area contributed by atoms with Crippen molar-refractivity contribution in [3.63, 3.8) is 0 Å². The molecule has 1 aliphatic rings. The molecule has 0 spiro atoms. The van der Waals surface area contributed by atoms with Crippen LogP contribution in [0.15, 0.2) is 66.5 Å². The van der Waals surface area contributed by atoms with Crippen LogP contribution in [0, 0.1) is 0 Å². The van der Waals surface area contributed by atoms with E-state index in [0.717, 1.165) is 4.90 Å². The first-order valence-electron chi connectivity index (χ1n) is 9.09. The lowest BCUT2D eigenvalue weighted by Crippen LogP contribution is -2.31. The number of benzene rings is 2. The summed E-state index contributed by atoms with van der Waals surface area (Å²) in [6, 6.07) is 11.8. The van der Waals surface area contributed by atoms with Gasteiger partial charge in [-0.05, 0) is 48.0 Å². The number of aromatic nitrogens is 2. The van der Waals surface area contributed by atoms with Gasteiger partial charge in [-0.25, -0.2) is 9.97 Å². The minimum absolute atomic E-state index is 0.0226. The lowest BCUT2D eigenvalue weighted by molar-refractivity contribution is -0.132. The summed E-state index contributed by atoms with van der Waals surface area (Å²) in [5.74, 6) is -1.46. The predicted molar refractivity (Wildman–Crippen MR) is 116 cm³/mol. The summed E-state index contributed by atoms with van der Waals surface area (Å²) in [5.41, 5.74) is 0.704. The van der Waals surface area contributed by atoms with Crippen LogP contribution >= 0.6 is 23.2 Å². The molecular formula is C22H15Cl2N3O4. The molecule has 2 aromatic carbocycles. The molecule has 3 aromatic rings. The molecule has 1 N–H and O–H groups in total. The Balaban J connectivity index is 1.94. The van der Waals surface area contributed by atoms with E-state index in [-0.39, 0.29) is 22.3 Å². The summed E-state index contributed by atoms with van der Waals surface area (Å²) in [4.78, 5) is 35.3. The predicted octanol–water partition coefficient (Wildman–Crippen LogP) is 4.42. The maximum atomic E-state index is 13.0. The molecule has 1 saturated heterocycles. The fourth-order valence-corrected chi connectivity index (χ4v) is 3.66. The molecule has 9 heteroatoms. The van der Waals surface area contributed by atoms with Crippen molar-refractivity contribution in [2.24, 2.45) is 0 Å². The Morgan fingerprint density at radius 3 is 2.32 bits per heavy atom. The van der Waals surface area contributed by atoms with Crippen LogP contribution in [0.4, 0.5) is 5.95 Å². The third kappa shape index (κ3) is 3.73. The summed E-state index contributed by atoms with van der Waals surface area (Å²) in [7, 11) is 1.52. The zero-order chi connectivity index (χ0) is 22.1. The Labute approximate surface area is 187 Å². The minimum atomic E-state index is -1.00. The SMILES string of the molecule is COc1ccc(/C(O)=C2\C(=O)C(=O)N(c3ncccn3)[C@H]2c2ccc(Cl)c(Cl)c2)cc1. The smallest absolute Gasteiger partial charge is 0.302 e. The quantitative estimate of drug-likeness (QED) is 0.355. The number of Topliss-reactive ketones (excluding diaryl/α,β-unsaturated/α-hetero) is 1. The van der Waals surface area contributed by atoms with Gasteiger partial charge in [0, 0.05) is 18.0 Å². The topological polar surface area (TPSA) is 92.6 Å². The van der Waals surface area contributed by atoms with Crippen molar-refractivity contribution in [1.82, 2.24) is 9.97 Å². The van der Waals surface area contributed by atoms with Gasteiger partial charge in [0.05, 0.1) is 28.8 Å². The van der Waals surface area contributed by atoms with Gasteiger partial charge in [0.15, 0.2) is 0 Å². The summed E-state index contributed by atoms with van der Waals surface area (Å²) < 4.78 is 5.13. The highest BCUT2D eigenvalue weighted by molar-refractivity contribution is 6.51. The fraction of sp³-hybridized carbons (Fsp3) is 0.0909. The highest BCUT2D eigenvalue weighted by atomic mass is 35.5. The number of aliphatic hydroxyl groups is 1. The maximum absolute atomic E-state index is 13.0. The van der Waals surface area contributed by atoms with Crippen molar-refractivity contribution >= 4 is 46.6 Å². The Bertz CT molecular complexity index is 1200. The Kier molecular flexibility index (Phi) is 5.63. The largest absolute Gasteiger partial charge is 0.507 e. The molecular weight excluding hydrogens is 441 g/mol. The van der Waals surface area contributed by atoms with E-state index < -0.39 is 17.7 Å². The number of aliphatic hydroxyl groups excluding tert-OH is 1. The molecule has 31 heavy (non-hydrogen) atoms. The number of halogens is 2. The second-order valence-corrected chi connectivity index (χ2v) is 7.43. The number of carbonyl (C=O) groups excluding carboxylic acids is 2. The van der Waals surface area contributed by atoms with Crippen LogP contribution in [0.5, 0.6) is 5.75 Å². The van der Waals surface area contributed by atoms with Gasteiger partial charge in [0.1, 0.15) is 11.5 Å². The van der Waals surface area contributed by atoms with E-state index >= 15 is 0 Å². The summed E-state index contributed by atoms with van der Waals surface area (Å²) in [5, 5.41) is 11.6. The van der Waals surface area contributed by atoms with Gasteiger partial charge < -0.3 is 9.84 Å². The zero-order valence-corrected chi connectivity index (χ0v) is 17.6.